The minimum absolute atomic E-state index is 0.102. The summed E-state index contributed by atoms with van der Waals surface area (Å²) in [7, 11) is 5.84. The molecule has 1 rings (SSSR count). The predicted molar refractivity (Wildman–Crippen MR) is 86.1 cm³/mol. The number of rotatable bonds is 9. The Bertz CT molecular complexity index is 486. The fourth-order valence-corrected chi connectivity index (χ4v) is 2.03. The van der Waals surface area contributed by atoms with Crippen LogP contribution >= 0.6 is 0 Å². The fraction of sp³-hybridized carbons (Fsp3) is 0.588. The van der Waals surface area contributed by atoms with Gasteiger partial charge in [0, 0.05) is 12.8 Å². The Morgan fingerprint density at radius 1 is 1.32 bits per heavy atom. The molecule has 0 amide bonds. The Hall–Kier alpha value is -1.75. The number of quaternary nitrogens is 1. The van der Waals surface area contributed by atoms with Crippen LogP contribution in [-0.2, 0) is 16.0 Å². The summed E-state index contributed by atoms with van der Waals surface area (Å²) in [6.07, 6.45) is 1.78. The molecule has 0 radical (unpaired) electrons. The highest BCUT2D eigenvalue weighted by Crippen LogP contribution is 2.26. The average molecular weight is 310 g/mol. The van der Waals surface area contributed by atoms with Crippen LogP contribution < -0.4 is 4.74 Å². The smallest absolute Gasteiger partial charge is 0.306 e. The molecule has 0 aliphatic rings. The SMILES string of the molecule is CC[N+](C)(C)CCCOC(=O)CCc1ccc(O)c(OC)c1. The van der Waals surface area contributed by atoms with E-state index in [2.05, 4.69) is 21.0 Å². The molecular weight excluding hydrogens is 282 g/mol. The van der Waals surface area contributed by atoms with Crippen LogP contribution in [-0.4, -0.2) is 56.5 Å². The number of nitrogens with zero attached hydrogens (tertiary/aromatic N) is 1. The van der Waals surface area contributed by atoms with Crippen molar-refractivity contribution in [3.63, 3.8) is 0 Å². The highest BCUT2D eigenvalue weighted by atomic mass is 16.5. The third-order valence-corrected chi connectivity index (χ3v) is 3.89. The molecule has 1 aromatic carbocycles. The summed E-state index contributed by atoms with van der Waals surface area (Å²) in [5.74, 6) is 0.338. The van der Waals surface area contributed by atoms with Gasteiger partial charge in [-0.25, -0.2) is 0 Å². The molecular formula is C17H28NO4+. The van der Waals surface area contributed by atoms with Gasteiger partial charge in [0.1, 0.15) is 0 Å². The van der Waals surface area contributed by atoms with Crippen molar-refractivity contribution in [3.8, 4) is 11.5 Å². The molecule has 5 nitrogen and oxygen atoms in total. The van der Waals surface area contributed by atoms with Gasteiger partial charge >= 0.3 is 5.97 Å². The Kier molecular flexibility index (Phi) is 7.18. The number of aromatic hydroxyl groups is 1. The topological polar surface area (TPSA) is 55.8 Å². The number of carbonyl (C=O) groups is 1. The molecule has 0 aliphatic carbocycles. The van der Waals surface area contributed by atoms with Crippen LogP contribution in [0.5, 0.6) is 11.5 Å². The number of methoxy groups -OCH3 is 1. The van der Waals surface area contributed by atoms with Gasteiger partial charge in [0.25, 0.3) is 0 Å². The van der Waals surface area contributed by atoms with Gasteiger partial charge < -0.3 is 19.1 Å². The number of hydrogen-bond donors (Lipinski definition) is 1. The number of aryl methyl sites for hydroxylation is 1. The molecule has 0 aliphatic heterocycles. The van der Waals surface area contributed by atoms with E-state index in [0.29, 0.717) is 25.2 Å². The number of ether oxygens (including phenoxy) is 2. The van der Waals surface area contributed by atoms with E-state index in [0.717, 1.165) is 29.6 Å². The summed E-state index contributed by atoms with van der Waals surface area (Å²) in [4.78, 5) is 11.7. The van der Waals surface area contributed by atoms with Crippen molar-refractivity contribution in [3.05, 3.63) is 23.8 Å². The fourth-order valence-electron chi connectivity index (χ4n) is 2.03. The number of phenols is 1. The van der Waals surface area contributed by atoms with E-state index in [9.17, 15) is 9.90 Å². The van der Waals surface area contributed by atoms with E-state index in [4.69, 9.17) is 9.47 Å². The van der Waals surface area contributed by atoms with Gasteiger partial charge in [0.05, 0.1) is 40.9 Å². The Labute approximate surface area is 133 Å². The second kappa shape index (κ2) is 8.63. The first kappa shape index (κ1) is 18.3. The molecule has 0 saturated carbocycles. The molecule has 5 heteroatoms. The van der Waals surface area contributed by atoms with Crippen molar-refractivity contribution in [2.45, 2.75) is 26.2 Å². The lowest BCUT2D eigenvalue weighted by Gasteiger charge is -2.27. The molecule has 0 heterocycles. The first-order valence-corrected chi connectivity index (χ1v) is 7.71. The van der Waals surface area contributed by atoms with Crippen LogP contribution in [0, 0.1) is 0 Å². The zero-order valence-electron chi connectivity index (χ0n) is 14.1. The summed E-state index contributed by atoms with van der Waals surface area (Å²) in [6.45, 7) is 4.69. The monoisotopic (exact) mass is 310 g/mol. The molecule has 0 saturated heterocycles. The molecule has 22 heavy (non-hydrogen) atoms. The number of benzene rings is 1. The first-order chi connectivity index (χ1) is 10.4. The maximum atomic E-state index is 11.7. The molecule has 0 spiro atoms. The van der Waals surface area contributed by atoms with Crippen LogP contribution in [0.1, 0.15) is 25.3 Å². The summed E-state index contributed by atoms with van der Waals surface area (Å²) < 4.78 is 11.2. The third-order valence-electron chi connectivity index (χ3n) is 3.89. The van der Waals surface area contributed by atoms with Crippen molar-refractivity contribution in [2.24, 2.45) is 0 Å². The predicted octanol–water partition coefficient (Wildman–Crippen LogP) is 2.36. The summed E-state index contributed by atoms with van der Waals surface area (Å²) in [6, 6.07) is 5.10. The van der Waals surface area contributed by atoms with Crippen molar-refractivity contribution >= 4 is 5.97 Å². The second-order valence-electron chi connectivity index (χ2n) is 6.06. The summed E-state index contributed by atoms with van der Waals surface area (Å²) in [5, 5.41) is 9.52. The molecule has 124 valence electrons. The van der Waals surface area contributed by atoms with E-state index in [-0.39, 0.29) is 11.7 Å². The lowest BCUT2D eigenvalue weighted by molar-refractivity contribution is -0.888. The largest absolute Gasteiger partial charge is 0.504 e. The maximum Gasteiger partial charge on any atom is 0.306 e. The van der Waals surface area contributed by atoms with E-state index in [1.54, 1.807) is 18.2 Å². The Morgan fingerprint density at radius 2 is 2.05 bits per heavy atom. The lowest BCUT2D eigenvalue weighted by atomic mass is 10.1. The van der Waals surface area contributed by atoms with E-state index >= 15 is 0 Å². The number of phenolic OH excluding ortho intramolecular Hbond substituents is 1. The molecule has 0 fully saturated rings. The van der Waals surface area contributed by atoms with Gasteiger partial charge in [-0.1, -0.05) is 6.07 Å². The number of hydrogen-bond acceptors (Lipinski definition) is 4. The number of esters is 1. The van der Waals surface area contributed by atoms with Crippen LogP contribution in [0.2, 0.25) is 0 Å². The maximum absolute atomic E-state index is 11.7. The average Bonchev–Trinajstić information content (AvgIpc) is 2.50. The summed E-state index contributed by atoms with van der Waals surface area (Å²) >= 11 is 0. The zero-order valence-corrected chi connectivity index (χ0v) is 14.1. The van der Waals surface area contributed by atoms with Crippen molar-refractivity contribution in [1.82, 2.24) is 0 Å². The van der Waals surface area contributed by atoms with Gasteiger partial charge in [-0.3, -0.25) is 4.79 Å². The highest BCUT2D eigenvalue weighted by Gasteiger charge is 2.12. The quantitative estimate of drug-likeness (QED) is 0.432. The molecule has 0 unspecified atom stereocenters. The molecule has 0 atom stereocenters. The van der Waals surface area contributed by atoms with Crippen LogP contribution in [0.3, 0.4) is 0 Å². The van der Waals surface area contributed by atoms with Crippen LogP contribution in [0.4, 0.5) is 0 Å². The molecule has 1 aromatic rings. The Morgan fingerprint density at radius 3 is 2.68 bits per heavy atom. The van der Waals surface area contributed by atoms with Crippen molar-refractivity contribution in [1.29, 1.82) is 0 Å². The zero-order chi connectivity index (χ0) is 16.6. The number of carbonyl (C=O) groups excluding carboxylic acids is 1. The van der Waals surface area contributed by atoms with Crippen LogP contribution in [0.15, 0.2) is 18.2 Å². The molecule has 0 aromatic heterocycles. The van der Waals surface area contributed by atoms with Gasteiger partial charge in [-0.05, 0) is 31.0 Å². The van der Waals surface area contributed by atoms with E-state index in [1.807, 2.05) is 0 Å². The first-order valence-electron chi connectivity index (χ1n) is 7.71. The van der Waals surface area contributed by atoms with E-state index < -0.39 is 0 Å². The normalized spacial score (nSPS) is 11.3. The lowest BCUT2D eigenvalue weighted by Crippen LogP contribution is -2.40. The van der Waals surface area contributed by atoms with Gasteiger partial charge in [-0.15, -0.1) is 0 Å². The van der Waals surface area contributed by atoms with E-state index in [1.165, 1.54) is 7.11 Å². The standard InChI is InChI=1S/C17H27NO4/c1-5-18(2,3)11-6-12-22-17(20)10-8-14-7-9-15(19)16(13-14)21-4/h7,9,13H,5-6,8,10-12H2,1-4H3/p+1. The van der Waals surface area contributed by atoms with Gasteiger partial charge in [0.15, 0.2) is 11.5 Å². The highest BCUT2D eigenvalue weighted by molar-refractivity contribution is 5.69. The third kappa shape index (κ3) is 6.35. The minimum Gasteiger partial charge on any atom is -0.504 e. The molecule has 1 N–H and O–H groups in total. The minimum atomic E-state index is -0.186. The second-order valence-corrected chi connectivity index (χ2v) is 6.06. The van der Waals surface area contributed by atoms with Crippen molar-refractivity contribution < 1.29 is 23.9 Å². The van der Waals surface area contributed by atoms with Crippen LogP contribution in [0.25, 0.3) is 0 Å². The summed E-state index contributed by atoms with van der Waals surface area (Å²) in [5.41, 5.74) is 0.940. The Balaban J connectivity index is 2.29. The molecule has 0 bridgehead atoms. The van der Waals surface area contributed by atoms with Crippen molar-refractivity contribution in [2.75, 3.05) is 40.9 Å². The van der Waals surface area contributed by atoms with Gasteiger partial charge in [0.2, 0.25) is 0 Å². The van der Waals surface area contributed by atoms with Gasteiger partial charge in [-0.2, -0.15) is 0 Å².